The minimum absolute atomic E-state index is 1.64. The average molecular weight is 372 g/mol. The summed E-state index contributed by atoms with van der Waals surface area (Å²) >= 11 is -3.56. The molecular formula is C9H19AlF6O3Si2. The average Bonchev–Trinajstić information content (AvgIpc) is 2.04. The van der Waals surface area contributed by atoms with Crippen LogP contribution >= 0.6 is 0 Å². The zero-order valence-corrected chi connectivity index (χ0v) is 15.8. The molecule has 0 aromatic carbocycles. The molecule has 0 spiro atoms. The summed E-state index contributed by atoms with van der Waals surface area (Å²) in [6, 6.07) is 0. The van der Waals surface area contributed by atoms with Gasteiger partial charge in [0.25, 0.3) is 0 Å². The Morgan fingerprint density at radius 3 is 1.19 bits per heavy atom. The summed E-state index contributed by atoms with van der Waals surface area (Å²) in [6.07, 6.45) is -15.0. The Morgan fingerprint density at radius 1 is 0.714 bits per heavy atom. The minimum Gasteiger partial charge on any atom is -0.499 e. The van der Waals surface area contributed by atoms with E-state index in [4.69, 9.17) is 6.96 Å². The fourth-order valence-electron chi connectivity index (χ4n) is 1.11. The van der Waals surface area contributed by atoms with Crippen LogP contribution in [0.25, 0.3) is 0 Å². The molecule has 0 saturated carbocycles. The number of hydrogen-bond donors (Lipinski definition) is 0. The van der Waals surface area contributed by atoms with Gasteiger partial charge < -0.3 is 10.7 Å². The van der Waals surface area contributed by atoms with E-state index in [0.29, 0.717) is 0 Å². The highest BCUT2D eigenvalue weighted by molar-refractivity contribution is 6.79. The highest BCUT2D eigenvalue weighted by Crippen LogP contribution is 2.36. The second-order valence-electron chi connectivity index (χ2n) is 6.35. The number of hydrogen-bond acceptors (Lipinski definition) is 3. The first kappa shape index (κ1) is 21.4. The lowest BCUT2D eigenvalue weighted by Crippen LogP contribution is -2.53. The third-order valence-corrected chi connectivity index (χ3v) is 9.43. The van der Waals surface area contributed by atoms with Gasteiger partial charge in [0.2, 0.25) is 6.10 Å². The maximum atomic E-state index is 12.5. The van der Waals surface area contributed by atoms with Crippen molar-refractivity contribution in [3.05, 3.63) is 0 Å². The molecule has 12 heteroatoms. The lowest BCUT2D eigenvalue weighted by molar-refractivity contribution is -0.305. The van der Waals surface area contributed by atoms with Crippen LogP contribution in [0.1, 0.15) is 0 Å². The van der Waals surface area contributed by atoms with Gasteiger partial charge in [-0.15, -0.1) is 0 Å². The molecule has 0 aliphatic rings. The Bertz CT molecular complexity index is 306. The van der Waals surface area contributed by atoms with Crippen molar-refractivity contribution >= 4 is 31.8 Å². The molecule has 0 aromatic heterocycles. The molecule has 0 heterocycles. The van der Waals surface area contributed by atoms with Crippen LogP contribution in [-0.4, -0.2) is 50.2 Å². The molecular weight excluding hydrogens is 353 g/mol. The van der Waals surface area contributed by atoms with Crippen molar-refractivity contribution in [1.29, 1.82) is 0 Å². The van der Waals surface area contributed by atoms with E-state index in [2.05, 4.69) is 3.79 Å². The highest BCUT2D eigenvalue weighted by Gasteiger charge is 2.61. The van der Waals surface area contributed by atoms with Crippen LogP contribution in [0.15, 0.2) is 0 Å². The molecule has 0 bridgehead atoms. The molecule has 0 aliphatic carbocycles. The maximum Gasteiger partial charge on any atom is 0.883 e. The van der Waals surface area contributed by atoms with E-state index in [1.54, 1.807) is 39.3 Å². The topological polar surface area (TPSA) is 27.7 Å². The van der Waals surface area contributed by atoms with Crippen molar-refractivity contribution < 1.29 is 37.1 Å². The first-order valence-electron chi connectivity index (χ1n) is 6.06. The maximum absolute atomic E-state index is 12.5. The highest BCUT2D eigenvalue weighted by atomic mass is 28.4. The molecule has 126 valence electrons. The fraction of sp³-hybridized carbons (Fsp3) is 1.00. The second kappa shape index (κ2) is 6.90. The van der Waals surface area contributed by atoms with Crippen molar-refractivity contribution in [3.63, 3.8) is 0 Å². The van der Waals surface area contributed by atoms with E-state index < -0.39 is 50.2 Å². The zero-order chi connectivity index (χ0) is 17.3. The Labute approximate surface area is 127 Å². The Kier molecular flexibility index (Phi) is 7.04. The summed E-state index contributed by atoms with van der Waals surface area (Å²) in [5.74, 6) is 0. The van der Waals surface area contributed by atoms with E-state index in [9.17, 15) is 26.3 Å². The third-order valence-electron chi connectivity index (χ3n) is 1.74. The number of halogens is 6. The lowest BCUT2D eigenvalue weighted by Gasteiger charge is -2.31. The van der Waals surface area contributed by atoms with E-state index >= 15 is 0 Å². The molecule has 0 radical (unpaired) electrons. The Hall–Kier alpha value is 0.426. The van der Waals surface area contributed by atoms with Gasteiger partial charge in [-0.05, 0) is 39.3 Å². The molecule has 3 nitrogen and oxygen atoms in total. The summed E-state index contributed by atoms with van der Waals surface area (Å²) in [6.45, 7) is 9.83. The molecule has 0 fully saturated rings. The quantitative estimate of drug-likeness (QED) is 0.517. The zero-order valence-electron chi connectivity index (χ0n) is 12.6. The second-order valence-corrected chi connectivity index (χ2v) is 17.5. The predicted molar refractivity (Wildman–Crippen MR) is 71.6 cm³/mol. The van der Waals surface area contributed by atoms with Crippen LogP contribution in [0.3, 0.4) is 0 Å². The van der Waals surface area contributed by atoms with E-state index in [1.807, 2.05) is 0 Å². The molecule has 0 rings (SSSR count). The van der Waals surface area contributed by atoms with Gasteiger partial charge in [0, 0.05) is 0 Å². The molecule has 21 heavy (non-hydrogen) atoms. The van der Waals surface area contributed by atoms with Crippen LogP contribution in [-0.2, 0) is 10.7 Å². The summed E-state index contributed by atoms with van der Waals surface area (Å²) in [7, 11) is -4.81. The monoisotopic (exact) mass is 372 g/mol. The van der Waals surface area contributed by atoms with Crippen molar-refractivity contribution in [3.8, 4) is 0 Å². The number of alkyl halides is 6. The van der Waals surface area contributed by atoms with Crippen molar-refractivity contribution in [2.24, 2.45) is 0 Å². The molecule has 0 amide bonds. The number of rotatable bonds is 6. The van der Waals surface area contributed by atoms with Crippen LogP contribution in [0.4, 0.5) is 26.3 Å². The van der Waals surface area contributed by atoms with Gasteiger partial charge in [0.15, 0.2) is 16.6 Å². The first-order valence-corrected chi connectivity index (χ1v) is 14.3. The van der Waals surface area contributed by atoms with Crippen LogP contribution in [0.2, 0.25) is 39.3 Å². The first-order chi connectivity index (χ1) is 8.92. The van der Waals surface area contributed by atoms with Gasteiger partial charge in [-0.3, -0.25) is 0 Å². The van der Waals surface area contributed by atoms with E-state index in [-0.39, 0.29) is 0 Å². The SMILES string of the molecule is C[Si](C)(C)[O][Al]([O]C(C(F)(F)F)C(F)(F)F)[O][Si](C)(C)C. The van der Waals surface area contributed by atoms with Gasteiger partial charge in [-0.25, -0.2) is 0 Å². The minimum atomic E-state index is -5.56. The summed E-state index contributed by atoms with van der Waals surface area (Å²) in [4.78, 5) is 0. The smallest absolute Gasteiger partial charge is 0.499 e. The normalized spacial score (nSPS) is 14.7. The van der Waals surface area contributed by atoms with E-state index in [0.717, 1.165) is 0 Å². The molecule has 0 aliphatic heterocycles. The summed E-state index contributed by atoms with van der Waals surface area (Å²) in [5, 5.41) is 0. The van der Waals surface area contributed by atoms with Crippen molar-refractivity contribution in [1.82, 2.24) is 0 Å². The van der Waals surface area contributed by atoms with Crippen LogP contribution < -0.4 is 0 Å². The van der Waals surface area contributed by atoms with Gasteiger partial charge in [0.05, 0.1) is 0 Å². The van der Waals surface area contributed by atoms with Crippen LogP contribution in [0, 0.1) is 0 Å². The standard InChI is InChI=1S/C3HF6O.2C3H9OSi.Al/c4-2(5,6)1(10)3(7,8)9;2*1-5(2,3)4;/h1H;2*1-3H3;/q3*-1;+3. The molecule has 0 unspecified atom stereocenters. The van der Waals surface area contributed by atoms with Crippen LogP contribution in [0.5, 0.6) is 0 Å². The van der Waals surface area contributed by atoms with Gasteiger partial charge in [-0.1, -0.05) is 0 Å². The molecule has 0 saturated heterocycles. The van der Waals surface area contributed by atoms with Gasteiger partial charge in [-0.2, -0.15) is 26.3 Å². The van der Waals surface area contributed by atoms with Crippen molar-refractivity contribution in [2.75, 3.05) is 0 Å². The summed E-state index contributed by atoms with van der Waals surface area (Å²) < 4.78 is 90.0. The van der Waals surface area contributed by atoms with Gasteiger partial charge in [0.1, 0.15) is 0 Å². The Morgan fingerprint density at radius 2 is 1.00 bits per heavy atom. The van der Waals surface area contributed by atoms with Gasteiger partial charge >= 0.3 is 27.5 Å². The Balaban J connectivity index is 5.24. The molecule has 0 aromatic rings. The van der Waals surface area contributed by atoms with E-state index in [1.165, 1.54) is 0 Å². The third kappa shape index (κ3) is 9.93. The largest absolute Gasteiger partial charge is 0.883 e. The molecule has 0 atom stereocenters. The predicted octanol–water partition coefficient (Wildman–Crippen LogP) is 4.18. The molecule has 0 N–H and O–H groups in total. The van der Waals surface area contributed by atoms with Crippen molar-refractivity contribution in [2.45, 2.75) is 57.7 Å². The lowest BCUT2D eigenvalue weighted by atomic mass is 10.3. The summed E-state index contributed by atoms with van der Waals surface area (Å²) in [5.41, 5.74) is 0. The fourth-order valence-corrected chi connectivity index (χ4v) is 7.33.